The summed E-state index contributed by atoms with van der Waals surface area (Å²) in [5.41, 5.74) is 8.01. The van der Waals surface area contributed by atoms with Crippen molar-refractivity contribution < 1.29 is 22.6 Å². The third-order valence-corrected chi connectivity index (χ3v) is 5.24. The monoisotopic (exact) mass is 502 g/mol. The first-order valence-corrected chi connectivity index (χ1v) is 10.9. The van der Waals surface area contributed by atoms with Gasteiger partial charge in [-0.05, 0) is 54.1 Å². The van der Waals surface area contributed by atoms with Crippen molar-refractivity contribution in [3.63, 3.8) is 0 Å². The maximum Gasteiger partial charge on any atom is 0.422 e. The first-order valence-electron chi connectivity index (χ1n) is 10.9. The van der Waals surface area contributed by atoms with Crippen LogP contribution >= 0.6 is 0 Å². The van der Waals surface area contributed by atoms with Crippen molar-refractivity contribution in [2.24, 2.45) is 4.99 Å². The van der Waals surface area contributed by atoms with Crippen molar-refractivity contribution in [3.8, 4) is 28.4 Å². The SMILES string of the molecule is [B]C([B])Oc1ccc(-n2c(=O)c(-c3ccc(N)c(C=NC)c3)cc3ccc(OCC(F)(F)F)nc32)cc1. The summed E-state index contributed by atoms with van der Waals surface area (Å²) in [5, 5.41) is 0.487. The number of benzene rings is 2. The molecule has 0 spiro atoms. The first kappa shape index (κ1) is 25.9. The molecule has 12 heteroatoms. The number of alkyl halides is 3. The number of aromatic nitrogens is 2. The number of nitrogens with zero attached hydrogens (tertiary/aromatic N) is 3. The summed E-state index contributed by atoms with van der Waals surface area (Å²) in [6.07, 6.45) is -2.97. The lowest BCUT2D eigenvalue weighted by Gasteiger charge is -2.16. The summed E-state index contributed by atoms with van der Waals surface area (Å²) >= 11 is 0. The standard InChI is InChI=1S/C25H19B2F3N4O3/c1-32-12-16-10-14(2-8-20(16)31)19-11-15-3-9-21(36-13-25(28,29)30)33-22(15)34(23(19)35)17-4-6-18(7-5-17)37-24(26)27/h2-12,24H,13,31H2,1H3. The highest BCUT2D eigenvalue weighted by atomic mass is 19.4. The van der Waals surface area contributed by atoms with E-state index < -0.39 is 24.2 Å². The number of halogens is 3. The Balaban J connectivity index is 1.93. The molecule has 0 atom stereocenters. The zero-order valence-electron chi connectivity index (χ0n) is 19.6. The van der Waals surface area contributed by atoms with Crippen LogP contribution in [0, 0.1) is 0 Å². The Hall–Kier alpha value is -4.21. The Kier molecular flexibility index (Phi) is 7.28. The van der Waals surface area contributed by atoms with Gasteiger partial charge in [0.15, 0.2) is 12.3 Å². The summed E-state index contributed by atoms with van der Waals surface area (Å²) in [7, 11) is 12.5. The highest BCUT2D eigenvalue weighted by Gasteiger charge is 2.28. The molecule has 37 heavy (non-hydrogen) atoms. The molecule has 0 bridgehead atoms. The average molecular weight is 502 g/mol. The second-order valence-corrected chi connectivity index (χ2v) is 7.97. The molecule has 4 radical (unpaired) electrons. The van der Waals surface area contributed by atoms with Crippen LogP contribution in [0.5, 0.6) is 11.6 Å². The minimum atomic E-state index is -4.55. The molecule has 4 rings (SSSR count). The highest BCUT2D eigenvalue weighted by Crippen LogP contribution is 2.27. The average Bonchev–Trinajstić information content (AvgIpc) is 2.84. The predicted molar refractivity (Wildman–Crippen MR) is 138 cm³/mol. The van der Waals surface area contributed by atoms with Gasteiger partial charge in [0, 0.05) is 47.4 Å². The van der Waals surface area contributed by atoms with Gasteiger partial charge < -0.3 is 15.2 Å². The van der Waals surface area contributed by atoms with Gasteiger partial charge in [0.05, 0.1) is 5.69 Å². The van der Waals surface area contributed by atoms with E-state index in [1.807, 2.05) is 0 Å². The maximum atomic E-state index is 13.8. The number of rotatable bonds is 7. The minimum Gasteiger partial charge on any atom is -0.510 e. The van der Waals surface area contributed by atoms with Gasteiger partial charge >= 0.3 is 6.18 Å². The van der Waals surface area contributed by atoms with Crippen LogP contribution in [0.15, 0.2) is 70.5 Å². The quantitative estimate of drug-likeness (QED) is 0.237. The lowest BCUT2D eigenvalue weighted by Crippen LogP contribution is -2.22. The molecule has 7 nitrogen and oxygen atoms in total. The Morgan fingerprint density at radius 1 is 1.11 bits per heavy atom. The Morgan fingerprint density at radius 2 is 1.84 bits per heavy atom. The van der Waals surface area contributed by atoms with Crippen molar-refractivity contribution in [2.45, 2.75) is 12.1 Å². The van der Waals surface area contributed by atoms with Crippen LogP contribution in [0.3, 0.4) is 0 Å². The normalized spacial score (nSPS) is 11.9. The molecule has 0 saturated carbocycles. The summed E-state index contributed by atoms with van der Waals surface area (Å²) in [6, 6.07) is 15.8. The van der Waals surface area contributed by atoms with E-state index in [4.69, 9.17) is 30.9 Å². The van der Waals surface area contributed by atoms with E-state index in [1.165, 1.54) is 16.7 Å². The topological polar surface area (TPSA) is 91.7 Å². The van der Waals surface area contributed by atoms with Crippen molar-refractivity contribution in [1.82, 2.24) is 9.55 Å². The largest absolute Gasteiger partial charge is 0.510 e. The maximum absolute atomic E-state index is 13.8. The van der Waals surface area contributed by atoms with Gasteiger partial charge in [-0.1, -0.05) is 6.07 Å². The zero-order valence-corrected chi connectivity index (χ0v) is 19.6. The molecule has 2 heterocycles. The third kappa shape index (κ3) is 5.96. The number of fused-ring (bicyclic) bond motifs is 1. The van der Waals surface area contributed by atoms with E-state index in [9.17, 15) is 18.0 Å². The molecule has 184 valence electrons. The number of anilines is 1. The molecular formula is C25H19B2F3N4O3. The van der Waals surface area contributed by atoms with Crippen LogP contribution in [-0.4, -0.2) is 57.2 Å². The Labute approximate surface area is 212 Å². The number of nitrogens with two attached hydrogens (primary N) is 1. The molecule has 0 amide bonds. The zero-order chi connectivity index (χ0) is 26.7. The molecular weight excluding hydrogens is 483 g/mol. The Morgan fingerprint density at radius 3 is 2.49 bits per heavy atom. The molecule has 0 unspecified atom stereocenters. The smallest absolute Gasteiger partial charge is 0.422 e. The van der Waals surface area contributed by atoms with Crippen molar-refractivity contribution in [1.29, 1.82) is 0 Å². The Bertz CT molecular complexity index is 1520. The molecule has 2 aromatic heterocycles. The van der Waals surface area contributed by atoms with Crippen LogP contribution in [0.4, 0.5) is 18.9 Å². The number of nitrogen functional groups attached to an aromatic ring is 1. The van der Waals surface area contributed by atoms with Crippen LogP contribution in [0.1, 0.15) is 5.56 Å². The minimum absolute atomic E-state index is 0.100. The lowest BCUT2D eigenvalue weighted by atomic mass is 9.82. The van der Waals surface area contributed by atoms with Crippen LogP contribution in [0.2, 0.25) is 0 Å². The first-order chi connectivity index (χ1) is 17.6. The molecule has 0 aliphatic carbocycles. The van der Waals surface area contributed by atoms with Crippen LogP contribution in [0.25, 0.3) is 27.8 Å². The van der Waals surface area contributed by atoms with E-state index in [0.717, 1.165) is 0 Å². The molecule has 2 aromatic carbocycles. The van der Waals surface area contributed by atoms with E-state index in [0.29, 0.717) is 39.2 Å². The fourth-order valence-electron chi connectivity index (χ4n) is 3.67. The summed E-state index contributed by atoms with van der Waals surface area (Å²) in [4.78, 5) is 22.0. The summed E-state index contributed by atoms with van der Waals surface area (Å²) < 4.78 is 49.4. The van der Waals surface area contributed by atoms with Crippen LogP contribution in [-0.2, 0) is 0 Å². The second-order valence-electron chi connectivity index (χ2n) is 7.97. The van der Waals surface area contributed by atoms with Gasteiger partial charge in [0.25, 0.3) is 5.56 Å². The second kappa shape index (κ2) is 10.4. The number of hydrogen-bond donors (Lipinski definition) is 1. The summed E-state index contributed by atoms with van der Waals surface area (Å²) in [5.74, 6) is -0.968. The van der Waals surface area contributed by atoms with Gasteiger partial charge in [-0.15, -0.1) is 0 Å². The summed E-state index contributed by atoms with van der Waals surface area (Å²) in [6.45, 7) is -1.52. The number of ether oxygens (including phenoxy) is 2. The van der Waals surface area contributed by atoms with E-state index in [2.05, 4.69) is 9.98 Å². The van der Waals surface area contributed by atoms with Gasteiger partial charge in [-0.3, -0.25) is 14.4 Å². The van der Waals surface area contributed by atoms with Crippen molar-refractivity contribution >= 4 is 38.6 Å². The van der Waals surface area contributed by atoms with Crippen molar-refractivity contribution in [2.75, 3.05) is 19.4 Å². The van der Waals surface area contributed by atoms with Gasteiger partial charge in [0.1, 0.15) is 21.4 Å². The number of aliphatic imine (C=N–C) groups is 1. The molecule has 0 aliphatic heterocycles. The van der Waals surface area contributed by atoms with Gasteiger partial charge in [0.2, 0.25) is 5.88 Å². The van der Waals surface area contributed by atoms with Crippen molar-refractivity contribution in [3.05, 3.63) is 76.6 Å². The van der Waals surface area contributed by atoms with E-state index in [1.54, 1.807) is 61.8 Å². The van der Waals surface area contributed by atoms with Crippen LogP contribution < -0.4 is 20.8 Å². The molecule has 0 fully saturated rings. The fraction of sp³-hybridized carbons (Fsp3) is 0.160. The molecule has 4 aromatic rings. The van der Waals surface area contributed by atoms with Gasteiger partial charge in [-0.2, -0.15) is 18.2 Å². The predicted octanol–water partition coefficient (Wildman–Crippen LogP) is 3.62. The third-order valence-electron chi connectivity index (χ3n) is 5.24. The highest BCUT2D eigenvalue weighted by molar-refractivity contribution is 6.34. The fourth-order valence-corrected chi connectivity index (χ4v) is 3.67. The molecule has 0 aliphatic rings. The molecule has 0 saturated heterocycles. The number of hydrogen-bond acceptors (Lipinski definition) is 6. The number of pyridine rings is 2. The van der Waals surface area contributed by atoms with E-state index in [-0.39, 0.29) is 11.5 Å². The van der Waals surface area contributed by atoms with Gasteiger partial charge in [-0.25, -0.2) is 0 Å². The van der Waals surface area contributed by atoms with E-state index >= 15 is 0 Å². The lowest BCUT2D eigenvalue weighted by molar-refractivity contribution is -0.154. The molecule has 2 N–H and O–H groups in total.